The third-order valence-corrected chi connectivity index (χ3v) is 1.87. The average molecular weight is 231 g/mol. The standard InChI is InChI=1S/C8H4ClF5/c9-3-4-1-7(11)5(2-6(4)10)8(12,13)14/h1-2H,3H2. The molecule has 0 saturated heterocycles. The van der Waals surface area contributed by atoms with Gasteiger partial charge >= 0.3 is 6.18 Å². The molecular formula is C8H4ClF5. The molecule has 0 atom stereocenters. The van der Waals surface area contributed by atoms with Crippen molar-refractivity contribution in [1.29, 1.82) is 0 Å². The Morgan fingerprint density at radius 3 is 2.07 bits per heavy atom. The zero-order valence-corrected chi connectivity index (χ0v) is 7.39. The van der Waals surface area contributed by atoms with Crippen LogP contribution in [0.1, 0.15) is 11.1 Å². The Hall–Kier alpha value is -0.840. The Balaban J connectivity index is 3.29. The molecule has 0 spiro atoms. The highest BCUT2D eigenvalue weighted by Crippen LogP contribution is 2.32. The summed E-state index contributed by atoms with van der Waals surface area (Å²) in [5.74, 6) is -3.05. The van der Waals surface area contributed by atoms with E-state index in [0.29, 0.717) is 6.07 Å². The van der Waals surface area contributed by atoms with E-state index in [4.69, 9.17) is 11.6 Å². The first kappa shape index (κ1) is 11.2. The van der Waals surface area contributed by atoms with Crippen molar-refractivity contribution >= 4 is 11.6 Å². The molecule has 0 N–H and O–H groups in total. The molecule has 0 saturated carbocycles. The summed E-state index contributed by atoms with van der Waals surface area (Å²) in [6, 6.07) is 0.554. The van der Waals surface area contributed by atoms with Crippen molar-refractivity contribution in [2.75, 3.05) is 0 Å². The maximum Gasteiger partial charge on any atom is 0.419 e. The molecule has 0 aliphatic carbocycles. The summed E-state index contributed by atoms with van der Waals surface area (Å²) >= 11 is 5.18. The Kier molecular flexibility index (Phi) is 2.99. The second-order valence-electron chi connectivity index (χ2n) is 2.55. The highest BCUT2D eigenvalue weighted by atomic mass is 35.5. The number of rotatable bonds is 1. The van der Waals surface area contributed by atoms with Gasteiger partial charge in [-0.05, 0) is 12.1 Å². The van der Waals surface area contributed by atoms with E-state index in [0.717, 1.165) is 0 Å². The minimum atomic E-state index is -4.89. The molecule has 0 radical (unpaired) electrons. The lowest BCUT2D eigenvalue weighted by molar-refractivity contribution is -0.140. The number of alkyl halides is 4. The van der Waals surface area contributed by atoms with Crippen molar-refractivity contribution in [3.8, 4) is 0 Å². The maximum atomic E-state index is 12.8. The Morgan fingerprint density at radius 2 is 1.64 bits per heavy atom. The summed E-state index contributed by atoms with van der Waals surface area (Å²) in [7, 11) is 0. The van der Waals surface area contributed by atoms with E-state index in [1.165, 1.54) is 0 Å². The van der Waals surface area contributed by atoms with Crippen LogP contribution in [0.2, 0.25) is 0 Å². The molecule has 14 heavy (non-hydrogen) atoms. The van der Waals surface area contributed by atoms with Crippen LogP contribution < -0.4 is 0 Å². The number of hydrogen-bond donors (Lipinski definition) is 0. The average Bonchev–Trinajstić information content (AvgIpc) is 2.06. The molecule has 0 amide bonds. The summed E-state index contributed by atoms with van der Waals surface area (Å²) < 4.78 is 61.7. The second-order valence-corrected chi connectivity index (χ2v) is 2.82. The van der Waals surface area contributed by atoms with Crippen molar-refractivity contribution in [2.24, 2.45) is 0 Å². The van der Waals surface area contributed by atoms with Crippen molar-refractivity contribution < 1.29 is 22.0 Å². The van der Waals surface area contributed by atoms with Crippen LogP contribution >= 0.6 is 11.6 Å². The fourth-order valence-electron chi connectivity index (χ4n) is 0.908. The van der Waals surface area contributed by atoms with Gasteiger partial charge in [-0.1, -0.05) is 0 Å². The maximum absolute atomic E-state index is 12.8. The van der Waals surface area contributed by atoms with Gasteiger partial charge in [0.1, 0.15) is 11.6 Å². The first-order valence-corrected chi connectivity index (χ1v) is 4.00. The summed E-state index contributed by atoms with van der Waals surface area (Å²) in [4.78, 5) is 0. The Morgan fingerprint density at radius 1 is 1.07 bits per heavy atom. The molecule has 0 nitrogen and oxygen atoms in total. The lowest BCUT2D eigenvalue weighted by Gasteiger charge is -2.09. The van der Waals surface area contributed by atoms with E-state index < -0.39 is 23.4 Å². The van der Waals surface area contributed by atoms with Gasteiger partial charge in [0, 0.05) is 5.56 Å². The van der Waals surface area contributed by atoms with Crippen molar-refractivity contribution in [1.82, 2.24) is 0 Å². The van der Waals surface area contributed by atoms with Crippen LogP contribution in [0.25, 0.3) is 0 Å². The van der Waals surface area contributed by atoms with Crippen LogP contribution in [0, 0.1) is 11.6 Å². The number of benzene rings is 1. The summed E-state index contributed by atoms with van der Waals surface area (Å²) in [6.45, 7) is 0. The van der Waals surface area contributed by atoms with E-state index in [2.05, 4.69) is 0 Å². The molecule has 0 unspecified atom stereocenters. The largest absolute Gasteiger partial charge is 0.419 e. The van der Waals surface area contributed by atoms with Crippen LogP contribution in [-0.4, -0.2) is 0 Å². The van der Waals surface area contributed by atoms with Gasteiger partial charge in [0.2, 0.25) is 0 Å². The monoisotopic (exact) mass is 230 g/mol. The van der Waals surface area contributed by atoms with Gasteiger partial charge in [-0.15, -0.1) is 11.6 Å². The minimum absolute atomic E-state index is 0.104. The van der Waals surface area contributed by atoms with Gasteiger partial charge in [-0.2, -0.15) is 13.2 Å². The summed E-state index contributed by atoms with van der Waals surface area (Å²) in [6.07, 6.45) is -4.89. The summed E-state index contributed by atoms with van der Waals surface area (Å²) in [5, 5.41) is 0. The fraction of sp³-hybridized carbons (Fsp3) is 0.250. The smallest absolute Gasteiger partial charge is 0.207 e. The predicted octanol–water partition coefficient (Wildman–Crippen LogP) is 3.72. The first-order valence-electron chi connectivity index (χ1n) is 3.47. The minimum Gasteiger partial charge on any atom is -0.207 e. The molecule has 78 valence electrons. The van der Waals surface area contributed by atoms with Crippen molar-refractivity contribution in [3.63, 3.8) is 0 Å². The third-order valence-electron chi connectivity index (χ3n) is 1.59. The molecule has 1 aromatic rings. The van der Waals surface area contributed by atoms with E-state index in [1.807, 2.05) is 0 Å². The van der Waals surface area contributed by atoms with Crippen LogP contribution in [0.3, 0.4) is 0 Å². The molecule has 1 aromatic carbocycles. The van der Waals surface area contributed by atoms with Crippen LogP contribution in [-0.2, 0) is 12.1 Å². The van der Waals surface area contributed by atoms with Gasteiger partial charge in [0.05, 0.1) is 11.4 Å². The predicted molar refractivity (Wildman–Crippen MR) is 40.9 cm³/mol. The molecule has 0 fully saturated rings. The molecule has 0 heterocycles. The van der Waals surface area contributed by atoms with Gasteiger partial charge in [0.15, 0.2) is 0 Å². The lowest BCUT2D eigenvalue weighted by atomic mass is 10.1. The molecule has 1 rings (SSSR count). The molecule has 0 aliphatic heterocycles. The lowest BCUT2D eigenvalue weighted by Crippen LogP contribution is -2.09. The van der Waals surface area contributed by atoms with Gasteiger partial charge in [-0.3, -0.25) is 0 Å². The SMILES string of the molecule is Fc1cc(C(F)(F)F)c(F)cc1CCl. The fourth-order valence-corrected chi connectivity index (χ4v) is 1.11. The van der Waals surface area contributed by atoms with Crippen LogP contribution in [0.5, 0.6) is 0 Å². The Labute approximate surface area is 81.3 Å². The normalized spacial score (nSPS) is 11.9. The van der Waals surface area contributed by atoms with Gasteiger partial charge < -0.3 is 0 Å². The van der Waals surface area contributed by atoms with E-state index in [1.54, 1.807) is 0 Å². The summed E-state index contributed by atoms with van der Waals surface area (Å²) in [5.41, 5.74) is -1.92. The van der Waals surface area contributed by atoms with Crippen molar-refractivity contribution in [3.05, 3.63) is 34.9 Å². The van der Waals surface area contributed by atoms with E-state index >= 15 is 0 Å². The molecule has 0 bridgehead atoms. The van der Waals surface area contributed by atoms with Gasteiger partial charge in [-0.25, -0.2) is 8.78 Å². The quantitative estimate of drug-likeness (QED) is 0.509. The molecule has 0 aliphatic rings. The van der Waals surface area contributed by atoms with Crippen LogP contribution in [0.15, 0.2) is 12.1 Å². The Bertz CT molecular complexity index is 344. The van der Waals surface area contributed by atoms with E-state index in [-0.39, 0.29) is 17.5 Å². The topological polar surface area (TPSA) is 0 Å². The zero-order chi connectivity index (χ0) is 10.9. The zero-order valence-electron chi connectivity index (χ0n) is 6.63. The highest BCUT2D eigenvalue weighted by Gasteiger charge is 2.34. The third kappa shape index (κ3) is 2.15. The van der Waals surface area contributed by atoms with Gasteiger partial charge in [0.25, 0.3) is 0 Å². The number of hydrogen-bond acceptors (Lipinski definition) is 0. The second kappa shape index (κ2) is 3.73. The highest BCUT2D eigenvalue weighted by molar-refractivity contribution is 6.17. The molecule has 6 heteroatoms. The molecular weight excluding hydrogens is 227 g/mol. The van der Waals surface area contributed by atoms with Crippen molar-refractivity contribution in [2.45, 2.75) is 12.1 Å². The van der Waals surface area contributed by atoms with Crippen LogP contribution in [0.4, 0.5) is 22.0 Å². The number of halogens is 6. The first-order chi connectivity index (χ1) is 6.36. The molecule has 0 aromatic heterocycles. The van der Waals surface area contributed by atoms with E-state index in [9.17, 15) is 22.0 Å².